The number of aliphatic carboxylic acids is 1. The van der Waals surface area contributed by atoms with Crippen LogP contribution in [-0.2, 0) is 11.0 Å². The summed E-state index contributed by atoms with van der Waals surface area (Å²) in [6, 6.07) is 3.97. The number of hydrogen-bond acceptors (Lipinski definition) is 2. The third-order valence-electron chi connectivity index (χ3n) is 2.64. The highest BCUT2D eigenvalue weighted by Gasteiger charge is 2.31. The highest BCUT2D eigenvalue weighted by Crippen LogP contribution is 2.29. The predicted molar refractivity (Wildman–Crippen MR) is 69.8 cm³/mol. The van der Waals surface area contributed by atoms with E-state index in [0.29, 0.717) is 0 Å². The average molecular weight is 303 g/mol. The van der Waals surface area contributed by atoms with Crippen molar-refractivity contribution in [2.45, 2.75) is 20.0 Å². The molecule has 0 saturated carbocycles. The quantitative estimate of drug-likeness (QED) is 0.910. The number of hydrogen-bond donors (Lipinski definition) is 1. The Bertz CT molecular complexity index is 526. The van der Waals surface area contributed by atoms with E-state index in [4.69, 9.17) is 5.11 Å². The first-order valence-corrected chi connectivity index (χ1v) is 6.29. The fourth-order valence-electron chi connectivity index (χ4n) is 1.83. The maximum atomic E-state index is 12.6. The Labute approximate surface area is 120 Å². The van der Waals surface area contributed by atoms with E-state index in [1.165, 1.54) is 6.07 Å². The van der Waals surface area contributed by atoms with E-state index in [9.17, 15) is 22.8 Å². The van der Waals surface area contributed by atoms with Crippen LogP contribution in [0.25, 0.3) is 0 Å². The Morgan fingerprint density at radius 3 is 2.38 bits per heavy atom. The zero-order chi connectivity index (χ0) is 16.2. The van der Waals surface area contributed by atoms with Gasteiger partial charge in [-0.2, -0.15) is 13.2 Å². The first-order valence-electron chi connectivity index (χ1n) is 6.29. The average Bonchev–Trinajstić information content (AvgIpc) is 2.35. The van der Waals surface area contributed by atoms with Crippen molar-refractivity contribution in [1.29, 1.82) is 0 Å². The molecule has 0 aliphatic heterocycles. The Kier molecular flexibility index (Phi) is 5.34. The second kappa shape index (κ2) is 6.60. The van der Waals surface area contributed by atoms with Crippen molar-refractivity contribution >= 4 is 11.9 Å². The number of carbonyl (C=O) groups is 2. The molecule has 4 nitrogen and oxygen atoms in total. The summed E-state index contributed by atoms with van der Waals surface area (Å²) in [5.41, 5.74) is -1.11. The third-order valence-corrected chi connectivity index (χ3v) is 2.64. The number of nitrogens with zero attached hydrogens (tertiary/aromatic N) is 1. The molecule has 1 aromatic carbocycles. The minimum atomic E-state index is -4.55. The van der Waals surface area contributed by atoms with Crippen LogP contribution < -0.4 is 0 Å². The zero-order valence-electron chi connectivity index (χ0n) is 11.6. The van der Waals surface area contributed by atoms with Crippen molar-refractivity contribution < 1.29 is 27.9 Å². The standard InChI is InChI=1S/C14H16F3NO3/c1-9(2)7-18(8-12(19)20)13(21)10-4-3-5-11(6-10)14(15,16)17/h3-6,9H,7-8H2,1-2H3,(H,19,20). The number of carboxylic acid groups (broad SMARTS) is 1. The summed E-state index contributed by atoms with van der Waals surface area (Å²) < 4.78 is 37.9. The summed E-state index contributed by atoms with van der Waals surface area (Å²) in [5.74, 6) is -1.94. The number of rotatable bonds is 5. The molecule has 0 bridgehead atoms. The summed E-state index contributed by atoms with van der Waals surface area (Å²) in [4.78, 5) is 24.0. The number of carboxylic acids is 1. The van der Waals surface area contributed by atoms with Crippen LogP contribution in [0.3, 0.4) is 0 Å². The lowest BCUT2D eigenvalue weighted by atomic mass is 10.1. The van der Waals surface area contributed by atoms with E-state index in [1.807, 2.05) is 0 Å². The molecule has 0 fully saturated rings. The molecule has 0 saturated heterocycles. The van der Waals surface area contributed by atoms with Crippen LogP contribution in [-0.4, -0.2) is 35.0 Å². The van der Waals surface area contributed by atoms with Gasteiger partial charge in [0.1, 0.15) is 6.54 Å². The van der Waals surface area contributed by atoms with Gasteiger partial charge in [-0.1, -0.05) is 19.9 Å². The smallest absolute Gasteiger partial charge is 0.416 e. The van der Waals surface area contributed by atoms with Crippen LogP contribution in [0.4, 0.5) is 13.2 Å². The van der Waals surface area contributed by atoms with Gasteiger partial charge in [-0.15, -0.1) is 0 Å². The molecule has 1 N–H and O–H groups in total. The van der Waals surface area contributed by atoms with Crippen LogP contribution in [0, 0.1) is 5.92 Å². The minimum Gasteiger partial charge on any atom is -0.480 e. The lowest BCUT2D eigenvalue weighted by molar-refractivity contribution is -0.138. The SMILES string of the molecule is CC(C)CN(CC(=O)O)C(=O)c1cccc(C(F)(F)F)c1. The second-order valence-electron chi connectivity index (χ2n) is 5.05. The van der Waals surface area contributed by atoms with Crippen molar-refractivity contribution in [2.75, 3.05) is 13.1 Å². The number of carbonyl (C=O) groups excluding carboxylic acids is 1. The maximum absolute atomic E-state index is 12.6. The molecule has 0 aliphatic carbocycles. The number of halogens is 3. The molecule has 0 aromatic heterocycles. The van der Waals surface area contributed by atoms with Crippen molar-refractivity contribution in [3.05, 3.63) is 35.4 Å². The first kappa shape index (κ1) is 17.0. The van der Waals surface area contributed by atoms with Crippen LogP contribution in [0.1, 0.15) is 29.8 Å². The highest BCUT2D eigenvalue weighted by molar-refractivity contribution is 5.96. The summed E-state index contributed by atoms with van der Waals surface area (Å²) >= 11 is 0. The van der Waals surface area contributed by atoms with Gasteiger partial charge in [0.15, 0.2) is 0 Å². The molecule has 0 radical (unpaired) electrons. The van der Waals surface area contributed by atoms with Crippen LogP contribution in [0.15, 0.2) is 24.3 Å². The van der Waals surface area contributed by atoms with Gasteiger partial charge in [0.05, 0.1) is 5.56 Å². The molecule has 0 spiro atoms. The van der Waals surface area contributed by atoms with Crippen molar-refractivity contribution in [3.8, 4) is 0 Å². The fraction of sp³-hybridized carbons (Fsp3) is 0.429. The molecular formula is C14H16F3NO3. The van der Waals surface area contributed by atoms with Gasteiger partial charge in [-0.25, -0.2) is 0 Å². The normalized spacial score (nSPS) is 11.5. The van der Waals surface area contributed by atoms with Gasteiger partial charge in [0, 0.05) is 12.1 Å². The Morgan fingerprint density at radius 2 is 1.90 bits per heavy atom. The number of benzene rings is 1. The molecule has 1 rings (SSSR count). The molecule has 1 amide bonds. The van der Waals surface area contributed by atoms with E-state index >= 15 is 0 Å². The summed E-state index contributed by atoms with van der Waals surface area (Å²) in [6.45, 7) is 3.18. The lowest BCUT2D eigenvalue weighted by Gasteiger charge is -2.23. The van der Waals surface area contributed by atoms with Gasteiger partial charge in [-0.05, 0) is 24.1 Å². The van der Waals surface area contributed by atoms with Gasteiger partial charge in [0.2, 0.25) is 0 Å². The van der Waals surface area contributed by atoms with Crippen LogP contribution in [0.5, 0.6) is 0 Å². The van der Waals surface area contributed by atoms with E-state index in [2.05, 4.69) is 0 Å². The van der Waals surface area contributed by atoms with Crippen LogP contribution in [0.2, 0.25) is 0 Å². The Hall–Kier alpha value is -2.05. The maximum Gasteiger partial charge on any atom is 0.416 e. The van der Waals surface area contributed by atoms with E-state index in [-0.39, 0.29) is 18.0 Å². The second-order valence-corrected chi connectivity index (χ2v) is 5.05. The molecule has 0 unspecified atom stereocenters. The first-order chi connectivity index (χ1) is 9.61. The zero-order valence-corrected chi connectivity index (χ0v) is 11.6. The molecule has 7 heteroatoms. The number of amides is 1. The van der Waals surface area contributed by atoms with Crippen molar-refractivity contribution in [3.63, 3.8) is 0 Å². The molecule has 0 heterocycles. The number of alkyl halides is 3. The van der Waals surface area contributed by atoms with Crippen molar-refractivity contribution in [2.24, 2.45) is 5.92 Å². The van der Waals surface area contributed by atoms with Gasteiger partial charge < -0.3 is 10.0 Å². The minimum absolute atomic E-state index is 0.000834. The summed E-state index contributed by atoms with van der Waals surface area (Å²) in [6.07, 6.45) is -4.55. The molecule has 0 aliphatic rings. The van der Waals surface area contributed by atoms with E-state index in [0.717, 1.165) is 23.1 Å². The largest absolute Gasteiger partial charge is 0.480 e. The van der Waals surface area contributed by atoms with Gasteiger partial charge >= 0.3 is 12.1 Å². The topological polar surface area (TPSA) is 57.6 Å². The van der Waals surface area contributed by atoms with Gasteiger partial charge in [-0.3, -0.25) is 9.59 Å². The predicted octanol–water partition coefficient (Wildman–Crippen LogP) is 2.89. The molecule has 116 valence electrons. The summed E-state index contributed by atoms with van der Waals surface area (Å²) in [7, 11) is 0. The summed E-state index contributed by atoms with van der Waals surface area (Å²) in [5, 5.41) is 8.80. The van der Waals surface area contributed by atoms with Crippen molar-refractivity contribution in [1.82, 2.24) is 4.90 Å². The Morgan fingerprint density at radius 1 is 1.29 bits per heavy atom. The van der Waals surface area contributed by atoms with E-state index < -0.39 is 30.2 Å². The molecule has 1 aromatic rings. The Balaban J connectivity index is 3.05. The van der Waals surface area contributed by atoms with Crippen LogP contribution >= 0.6 is 0 Å². The lowest BCUT2D eigenvalue weighted by Crippen LogP contribution is -2.38. The fourth-order valence-corrected chi connectivity index (χ4v) is 1.83. The molecule has 21 heavy (non-hydrogen) atoms. The molecule has 0 atom stereocenters. The van der Waals surface area contributed by atoms with Gasteiger partial charge in [0.25, 0.3) is 5.91 Å². The third kappa shape index (κ3) is 5.09. The highest BCUT2D eigenvalue weighted by atomic mass is 19.4. The molecular weight excluding hydrogens is 287 g/mol. The monoisotopic (exact) mass is 303 g/mol. The van der Waals surface area contributed by atoms with E-state index in [1.54, 1.807) is 13.8 Å².